The summed E-state index contributed by atoms with van der Waals surface area (Å²) in [6.45, 7) is 6.96. The number of hydrogen-bond acceptors (Lipinski definition) is 3. The van der Waals surface area contributed by atoms with E-state index in [2.05, 4.69) is 40.1 Å². The van der Waals surface area contributed by atoms with Gasteiger partial charge in [-0.05, 0) is 12.5 Å². The molecule has 25 heavy (non-hydrogen) atoms. The second kappa shape index (κ2) is 10.6. The maximum atomic E-state index is 12.6. The van der Waals surface area contributed by atoms with Crippen LogP contribution >= 0.6 is 24.8 Å². The smallest absolute Gasteiger partial charge is 0.179 e. The zero-order valence-electron chi connectivity index (χ0n) is 14.5. The highest BCUT2D eigenvalue weighted by Gasteiger charge is 2.26. The molecule has 2 aromatic carbocycles. The second-order valence-electron chi connectivity index (χ2n) is 6.20. The van der Waals surface area contributed by atoms with Gasteiger partial charge in [-0.25, -0.2) is 0 Å². The van der Waals surface area contributed by atoms with Crippen LogP contribution in [0.15, 0.2) is 60.7 Å². The van der Waals surface area contributed by atoms with Crippen molar-refractivity contribution in [2.24, 2.45) is 0 Å². The summed E-state index contributed by atoms with van der Waals surface area (Å²) in [5, 5.41) is 0. The van der Waals surface area contributed by atoms with Crippen LogP contribution in [0.5, 0.6) is 0 Å². The summed E-state index contributed by atoms with van der Waals surface area (Å²) in [7, 11) is 0. The molecule has 2 aromatic rings. The number of hydrogen-bond donors (Lipinski definition) is 0. The van der Waals surface area contributed by atoms with Gasteiger partial charge in [0, 0.05) is 38.3 Å². The van der Waals surface area contributed by atoms with E-state index < -0.39 is 0 Å². The lowest BCUT2D eigenvalue weighted by atomic mass is 10.0. The van der Waals surface area contributed by atoms with E-state index in [9.17, 15) is 4.79 Å². The van der Waals surface area contributed by atoms with E-state index in [0.29, 0.717) is 0 Å². The predicted molar refractivity (Wildman–Crippen MR) is 108 cm³/mol. The first kappa shape index (κ1) is 21.7. The van der Waals surface area contributed by atoms with Gasteiger partial charge in [0.25, 0.3) is 0 Å². The third-order valence-corrected chi connectivity index (χ3v) is 4.64. The van der Waals surface area contributed by atoms with E-state index in [0.717, 1.165) is 38.3 Å². The number of halogens is 2. The summed E-state index contributed by atoms with van der Waals surface area (Å²) < 4.78 is 0. The largest absolute Gasteiger partial charge is 0.297 e. The van der Waals surface area contributed by atoms with Crippen molar-refractivity contribution in [3.63, 3.8) is 0 Å². The van der Waals surface area contributed by atoms with Crippen molar-refractivity contribution < 1.29 is 4.79 Å². The van der Waals surface area contributed by atoms with Gasteiger partial charge in [0.2, 0.25) is 0 Å². The van der Waals surface area contributed by atoms with Crippen LogP contribution in [-0.2, 0) is 6.54 Å². The van der Waals surface area contributed by atoms with Gasteiger partial charge in [0.1, 0.15) is 0 Å². The molecule has 136 valence electrons. The van der Waals surface area contributed by atoms with Crippen molar-refractivity contribution >= 4 is 30.6 Å². The molecule has 3 nitrogen and oxygen atoms in total. The standard InChI is InChI=1S/C20H24N2O.2ClH/c1-17(20(23)19-10-6-3-7-11-19)22-14-12-21(13-15-22)16-18-8-4-2-5-9-18;;/h2-11,17H,12-16H2,1H3;2*1H. The molecule has 0 radical (unpaired) electrons. The molecule has 0 amide bonds. The van der Waals surface area contributed by atoms with E-state index in [1.165, 1.54) is 5.56 Å². The van der Waals surface area contributed by atoms with Gasteiger partial charge < -0.3 is 0 Å². The number of carbonyl (C=O) groups excluding carboxylic acids is 1. The molecular formula is C20H26Cl2N2O. The highest BCUT2D eigenvalue weighted by molar-refractivity contribution is 5.99. The minimum Gasteiger partial charge on any atom is -0.297 e. The number of ketones is 1. The number of carbonyl (C=O) groups is 1. The minimum absolute atomic E-state index is 0. The highest BCUT2D eigenvalue weighted by atomic mass is 35.5. The Morgan fingerprint density at radius 2 is 1.40 bits per heavy atom. The van der Waals surface area contributed by atoms with Crippen molar-refractivity contribution in [1.29, 1.82) is 0 Å². The van der Waals surface area contributed by atoms with Crippen molar-refractivity contribution in [1.82, 2.24) is 9.80 Å². The lowest BCUT2D eigenvalue weighted by molar-refractivity contribution is 0.0687. The first-order chi connectivity index (χ1) is 11.2. The lowest BCUT2D eigenvalue weighted by Crippen LogP contribution is -2.51. The van der Waals surface area contributed by atoms with Gasteiger partial charge in [0.15, 0.2) is 5.78 Å². The first-order valence-electron chi connectivity index (χ1n) is 8.33. The van der Waals surface area contributed by atoms with Gasteiger partial charge in [-0.15, -0.1) is 24.8 Å². The molecule has 0 spiro atoms. The molecule has 1 unspecified atom stereocenters. The molecule has 0 aliphatic carbocycles. The van der Waals surface area contributed by atoms with E-state index in [1.54, 1.807) is 0 Å². The third-order valence-electron chi connectivity index (χ3n) is 4.64. The number of nitrogens with zero attached hydrogens (tertiary/aromatic N) is 2. The second-order valence-corrected chi connectivity index (χ2v) is 6.20. The van der Waals surface area contributed by atoms with E-state index in [-0.39, 0.29) is 36.6 Å². The topological polar surface area (TPSA) is 23.6 Å². The lowest BCUT2D eigenvalue weighted by Gasteiger charge is -2.37. The molecule has 1 heterocycles. The van der Waals surface area contributed by atoms with Crippen LogP contribution in [0, 0.1) is 0 Å². The molecule has 1 aliphatic heterocycles. The van der Waals surface area contributed by atoms with Gasteiger partial charge >= 0.3 is 0 Å². The molecule has 0 bridgehead atoms. The van der Waals surface area contributed by atoms with Crippen LogP contribution in [0.4, 0.5) is 0 Å². The van der Waals surface area contributed by atoms with Crippen LogP contribution < -0.4 is 0 Å². The normalized spacial score (nSPS) is 16.4. The molecule has 5 heteroatoms. The maximum Gasteiger partial charge on any atom is 0.179 e. The zero-order valence-corrected chi connectivity index (χ0v) is 16.1. The molecule has 1 aliphatic rings. The zero-order chi connectivity index (χ0) is 16.1. The molecule has 1 saturated heterocycles. The predicted octanol–water partition coefficient (Wildman–Crippen LogP) is 3.92. The van der Waals surface area contributed by atoms with Crippen LogP contribution in [0.3, 0.4) is 0 Å². The molecule has 0 saturated carbocycles. The van der Waals surface area contributed by atoms with E-state index in [1.807, 2.05) is 37.3 Å². The Bertz CT molecular complexity index is 629. The molecule has 1 atom stereocenters. The van der Waals surface area contributed by atoms with Crippen molar-refractivity contribution in [3.8, 4) is 0 Å². The number of rotatable bonds is 5. The summed E-state index contributed by atoms with van der Waals surface area (Å²) in [4.78, 5) is 17.3. The van der Waals surface area contributed by atoms with Gasteiger partial charge in [-0.1, -0.05) is 60.7 Å². The van der Waals surface area contributed by atoms with Crippen molar-refractivity contribution in [2.45, 2.75) is 19.5 Å². The third kappa shape index (κ3) is 5.82. The summed E-state index contributed by atoms with van der Waals surface area (Å²) in [6.07, 6.45) is 0. The van der Waals surface area contributed by atoms with E-state index >= 15 is 0 Å². The fourth-order valence-corrected chi connectivity index (χ4v) is 3.16. The number of piperazine rings is 1. The Morgan fingerprint density at radius 3 is 1.96 bits per heavy atom. The van der Waals surface area contributed by atoms with E-state index in [4.69, 9.17) is 0 Å². The monoisotopic (exact) mass is 380 g/mol. The summed E-state index contributed by atoms with van der Waals surface area (Å²) in [5.41, 5.74) is 2.17. The minimum atomic E-state index is -0.0451. The maximum absolute atomic E-state index is 12.6. The van der Waals surface area contributed by atoms with Crippen LogP contribution in [0.2, 0.25) is 0 Å². The summed E-state index contributed by atoms with van der Waals surface area (Å²) in [6, 6.07) is 20.2. The summed E-state index contributed by atoms with van der Waals surface area (Å²) >= 11 is 0. The number of benzene rings is 2. The molecular weight excluding hydrogens is 355 g/mol. The Kier molecular flexibility index (Phi) is 9.15. The average Bonchev–Trinajstić information content (AvgIpc) is 2.63. The van der Waals surface area contributed by atoms with Crippen LogP contribution in [0.1, 0.15) is 22.8 Å². The van der Waals surface area contributed by atoms with Crippen LogP contribution in [0.25, 0.3) is 0 Å². The first-order valence-corrected chi connectivity index (χ1v) is 8.33. The molecule has 0 aromatic heterocycles. The van der Waals surface area contributed by atoms with Crippen molar-refractivity contribution in [2.75, 3.05) is 26.2 Å². The Hall–Kier alpha value is -1.39. The van der Waals surface area contributed by atoms with Crippen LogP contribution in [-0.4, -0.2) is 47.8 Å². The van der Waals surface area contributed by atoms with Gasteiger partial charge in [0.05, 0.1) is 6.04 Å². The van der Waals surface area contributed by atoms with Crippen molar-refractivity contribution in [3.05, 3.63) is 71.8 Å². The Morgan fingerprint density at radius 1 is 0.880 bits per heavy atom. The fourth-order valence-electron chi connectivity index (χ4n) is 3.16. The molecule has 0 N–H and O–H groups in total. The van der Waals surface area contributed by atoms with Gasteiger partial charge in [-0.2, -0.15) is 0 Å². The molecule has 1 fully saturated rings. The Balaban J connectivity index is 0.00000156. The van der Waals surface area contributed by atoms with Gasteiger partial charge in [-0.3, -0.25) is 14.6 Å². The molecule has 3 rings (SSSR count). The quantitative estimate of drug-likeness (QED) is 0.734. The Labute approximate surface area is 162 Å². The SMILES string of the molecule is CC(C(=O)c1ccccc1)N1CCN(Cc2ccccc2)CC1.Cl.Cl. The summed E-state index contributed by atoms with van der Waals surface area (Å²) in [5.74, 6) is 0.224. The average molecular weight is 381 g/mol. The number of Topliss-reactive ketones (excluding diaryl/α,β-unsaturated/α-hetero) is 1. The fraction of sp³-hybridized carbons (Fsp3) is 0.350. The highest BCUT2D eigenvalue weighted by Crippen LogP contribution is 2.13.